The molecule has 0 saturated heterocycles. The fourth-order valence-corrected chi connectivity index (χ4v) is 3.74. The van der Waals surface area contributed by atoms with E-state index < -0.39 is 0 Å². The molecule has 2 rings (SSSR count). The van der Waals surface area contributed by atoms with Crippen molar-refractivity contribution in [3.8, 4) is 0 Å². The Morgan fingerprint density at radius 1 is 1.25 bits per heavy atom. The first-order valence-corrected chi connectivity index (χ1v) is 5.64. The van der Waals surface area contributed by atoms with Crippen molar-refractivity contribution in [3.05, 3.63) is 0 Å². The summed E-state index contributed by atoms with van der Waals surface area (Å²) in [6.07, 6.45) is 7.51. The lowest BCUT2D eigenvalue weighted by Crippen LogP contribution is -2.22. The summed E-state index contributed by atoms with van der Waals surface area (Å²) in [5.41, 5.74) is 0.718. The highest BCUT2D eigenvalue weighted by Gasteiger charge is 2.45. The molecule has 2 bridgehead atoms. The monoisotopic (exact) mass is 166 g/mol. The minimum Gasteiger partial charge on any atom is -0.0649 e. The first kappa shape index (κ1) is 8.59. The Bertz CT molecular complexity index is 173. The van der Waals surface area contributed by atoms with Gasteiger partial charge >= 0.3 is 0 Å². The third-order valence-electron chi connectivity index (χ3n) is 4.59. The molecule has 2 aliphatic rings. The minimum absolute atomic E-state index is 0.718. The largest absolute Gasteiger partial charge is 0.0649 e. The molecule has 0 aromatic rings. The van der Waals surface area contributed by atoms with E-state index in [1.165, 1.54) is 25.7 Å². The summed E-state index contributed by atoms with van der Waals surface area (Å²) in [6, 6.07) is 0. The zero-order valence-corrected chi connectivity index (χ0v) is 8.77. The second kappa shape index (κ2) is 2.75. The molecule has 4 unspecified atom stereocenters. The molecule has 2 aliphatic carbocycles. The van der Waals surface area contributed by atoms with Crippen molar-refractivity contribution in [2.75, 3.05) is 0 Å². The standard InChI is InChI=1S/C12H22/c1-4-12(3)8-10-5-9(2)6-11(12)7-10/h9-11H,4-8H2,1-3H3. The van der Waals surface area contributed by atoms with E-state index in [4.69, 9.17) is 0 Å². The van der Waals surface area contributed by atoms with Crippen LogP contribution >= 0.6 is 0 Å². The lowest BCUT2D eigenvalue weighted by Gasteiger charge is -2.32. The average Bonchev–Trinajstić information content (AvgIpc) is 2.24. The van der Waals surface area contributed by atoms with Gasteiger partial charge in [-0.05, 0) is 48.9 Å². The van der Waals surface area contributed by atoms with Crippen LogP contribution in [0.5, 0.6) is 0 Å². The average molecular weight is 166 g/mol. The second-order valence-electron chi connectivity index (χ2n) is 5.59. The van der Waals surface area contributed by atoms with Gasteiger partial charge in [-0.3, -0.25) is 0 Å². The number of rotatable bonds is 1. The summed E-state index contributed by atoms with van der Waals surface area (Å²) in [7, 11) is 0. The van der Waals surface area contributed by atoms with Crippen LogP contribution in [0.4, 0.5) is 0 Å². The van der Waals surface area contributed by atoms with E-state index in [0.29, 0.717) is 0 Å². The van der Waals surface area contributed by atoms with Crippen LogP contribution in [-0.4, -0.2) is 0 Å². The molecule has 70 valence electrons. The summed E-state index contributed by atoms with van der Waals surface area (Å²) in [5.74, 6) is 3.17. The Balaban J connectivity index is 2.13. The Labute approximate surface area is 76.7 Å². The van der Waals surface area contributed by atoms with Crippen LogP contribution in [-0.2, 0) is 0 Å². The van der Waals surface area contributed by atoms with Crippen molar-refractivity contribution in [1.82, 2.24) is 0 Å². The van der Waals surface area contributed by atoms with E-state index in [1.807, 2.05) is 0 Å². The predicted molar refractivity (Wildman–Crippen MR) is 53.0 cm³/mol. The SMILES string of the molecule is CCC1(C)CC2CC(C)CC1C2. The van der Waals surface area contributed by atoms with Crippen LogP contribution < -0.4 is 0 Å². The first-order chi connectivity index (χ1) is 5.64. The molecule has 0 N–H and O–H groups in total. The van der Waals surface area contributed by atoms with Gasteiger partial charge in [0.1, 0.15) is 0 Å². The van der Waals surface area contributed by atoms with Gasteiger partial charge in [0.25, 0.3) is 0 Å². The van der Waals surface area contributed by atoms with Crippen molar-refractivity contribution < 1.29 is 0 Å². The molecule has 0 aromatic carbocycles. The van der Waals surface area contributed by atoms with Gasteiger partial charge in [-0.15, -0.1) is 0 Å². The van der Waals surface area contributed by atoms with Crippen molar-refractivity contribution in [3.63, 3.8) is 0 Å². The zero-order valence-electron chi connectivity index (χ0n) is 8.77. The molecule has 0 aromatic heterocycles. The summed E-state index contributed by atoms with van der Waals surface area (Å²) >= 11 is 0. The molecule has 2 saturated carbocycles. The van der Waals surface area contributed by atoms with Gasteiger partial charge in [-0.2, -0.15) is 0 Å². The summed E-state index contributed by atoms with van der Waals surface area (Å²) in [6.45, 7) is 7.35. The van der Waals surface area contributed by atoms with E-state index in [0.717, 1.165) is 23.2 Å². The maximum Gasteiger partial charge on any atom is -0.0297 e. The van der Waals surface area contributed by atoms with Crippen LogP contribution in [0.25, 0.3) is 0 Å². The van der Waals surface area contributed by atoms with Crippen LogP contribution in [0.2, 0.25) is 0 Å². The normalized spacial score (nSPS) is 52.8. The molecule has 0 heteroatoms. The molecule has 4 atom stereocenters. The minimum atomic E-state index is 0.718. The molecule has 0 nitrogen and oxygen atoms in total. The fraction of sp³-hybridized carbons (Fsp3) is 1.00. The van der Waals surface area contributed by atoms with Crippen molar-refractivity contribution in [1.29, 1.82) is 0 Å². The Hall–Kier alpha value is 0. The van der Waals surface area contributed by atoms with E-state index in [9.17, 15) is 0 Å². The van der Waals surface area contributed by atoms with E-state index in [-0.39, 0.29) is 0 Å². The highest BCUT2D eigenvalue weighted by Crippen LogP contribution is 2.56. The van der Waals surface area contributed by atoms with Crippen LogP contribution in [0, 0.1) is 23.2 Å². The second-order valence-corrected chi connectivity index (χ2v) is 5.59. The molecule has 0 radical (unpaired) electrons. The number of fused-ring (bicyclic) bond motifs is 2. The summed E-state index contributed by atoms with van der Waals surface area (Å²) in [4.78, 5) is 0. The van der Waals surface area contributed by atoms with E-state index >= 15 is 0 Å². The maximum atomic E-state index is 2.52. The molecule has 2 fully saturated rings. The third-order valence-corrected chi connectivity index (χ3v) is 4.59. The topological polar surface area (TPSA) is 0 Å². The molecule has 12 heavy (non-hydrogen) atoms. The van der Waals surface area contributed by atoms with Gasteiger partial charge < -0.3 is 0 Å². The van der Waals surface area contributed by atoms with E-state index in [2.05, 4.69) is 20.8 Å². The zero-order chi connectivity index (χ0) is 8.77. The van der Waals surface area contributed by atoms with Gasteiger partial charge in [0.05, 0.1) is 0 Å². The summed E-state index contributed by atoms with van der Waals surface area (Å²) < 4.78 is 0. The molecule has 0 heterocycles. The first-order valence-electron chi connectivity index (χ1n) is 5.64. The lowest BCUT2D eigenvalue weighted by molar-refractivity contribution is 0.185. The van der Waals surface area contributed by atoms with Crippen molar-refractivity contribution in [2.24, 2.45) is 23.2 Å². The molecule has 0 amide bonds. The molecule has 0 spiro atoms. The molecular formula is C12H22. The highest BCUT2D eigenvalue weighted by molar-refractivity contribution is 4.96. The molecular weight excluding hydrogens is 144 g/mol. The van der Waals surface area contributed by atoms with Gasteiger partial charge in [0.15, 0.2) is 0 Å². The maximum absolute atomic E-state index is 2.52. The quantitative estimate of drug-likeness (QED) is 0.555. The Morgan fingerprint density at radius 3 is 2.67 bits per heavy atom. The van der Waals surface area contributed by atoms with Gasteiger partial charge in [0.2, 0.25) is 0 Å². The van der Waals surface area contributed by atoms with Gasteiger partial charge in [0, 0.05) is 0 Å². The lowest BCUT2D eigenvalue weighted by atomic mass is 9.73. The van der Waals surface area contributed by atoms with E-state index in [1.54, 1.807) is 6.42 Å². The molecule has 0 aliphatic heterocycles. The number of hydrogen-bond donors (Lipinski definition) is 0. The Morgan fingerprint density at radius 2 is 2.00 bits per heavy atom. The van der Waals surface area contributed by atoms with Crippen LogP contribution in [0.3, 0.4) is 0 Å². The van der Waals surface area contributed by atoms with Crippen molar-refractivity contribution >= 4 is 0 Å². The van der Waals surface area contributed by atoms with Gasteiger partial charge in [-0.25, -0.2) is 0 Å². The van der Waals surface area contributed by atoms with Crippen molar-refractivity contribution in [2.45, 2.75) is 52.9 Å². The fourth-order valence-electron chi connectivity index (χ4n) is 3.74. The Kier molecular flexibility index (Phi) is 1.97. The smallest absolute Gasteiger partial charge is 0.0297 e. The summed E-state index contributed by atoms with van der Waals surface area (Å²) in [5, 5.41) is 0. The highest BCUT2D eigenvalue weighted by atomic mass is 14.5. The number of hydrogen-bond acceptors (Lipinski definition) is 0. The predicted octanol–water partition coefficient (Wildman–Crippen LogP) is 3.86. The van der Waals surface area contributed by atoms with Gasteiger partial charge in [-0.1, -0.05) is 27.2 Å². The third kappa shape index (κ3) is 1.20. The van der Waals surface area contributed by atoms with Crippen LogP contribution in [0.15, 0.2) is 0 Å². The van der Waals surface area contributed by atoms with Crippen LogP contribution in [0.1, 0.15) is 52.9 Å².